The lowest BCUT2D eigenvalue weighted by molar-refractivity contribution is -0.142. The summed E-state index contributed by atoms with van der Waals surface area (Å²) in [5.41, 5.74) is -1.37. The number of carbonyl (C=O) groups is 2. The average molecular weight is 826 g/mol. The van der Waals surface area contributed by atoms with Crippen molar-refractivity contribution in [3.8, 4) is 23.5 Å². The van der Waals surface area contributed by atoms with Crippen molar-refractivity contribution < 1.29 is 54.9 Å². The van der Waals surface area contributed by atoms with Crippen LogP contribution in [0.5, 0.6) is 17.8 Å². The molecule has 24 heteroatoms. The van der Waals surface area contributed by atoms with E-state index in [4.69, 9.17) is 46.9 Å². The SMILES string of the molecule is CCOC(=O)C(Cl)Cc1cc(-n2nc(C)n(C(F)F)c2=O)c(F)cc1Cl.COCCOc1ccccc1S(=O)(=O)NC(=O)Nc1nc(OC)nc(OC)n1. The van der Waals surface area contributed by atoms with E-state index >= 15 is 0 Å². The van der Waals surface area contributed by atoms with E-state index in [1.54, 1.807) is 13.0 Å². The molecule has 4 rings (SSSR count). The van der Waals surface area contributed by atoms with E-state index in [-0.39, 0.29) is 81.5 Å². The number of methoxy groups -OCH3 is 3. The van der Waals surface area contributed by atoms with Crippen LogP contribution in [0.15, 0.2) is 46.1 Å². The number of carbonyl (C=O) groups excluding carboxylic acids is 2. The fraction of sp³-hybridized carbons (Fsp3) is 0.367. The molecule has 0 aliphatic heterocycles. The number of sulfonamides is 1. The van der Waals surface area contributed by atoms with Crippen LogP contribution in [0.2, 0.25) is 5.02 Å². The van der Waals surface area contributed by atoms with Gasteiger partial charge in [-0.15, -0.1) is 21.7 Å². The molecule has 2 amide bonds. The lowest BCUT2D eigenvalue weighted by Gasteiger charge is -2.12. The molecule has 0 spiro atoms. The Morgan fingerprint density at radius 2 is 1.67 bits per heavy atom. The first-order valence-corrected chi connectivity index (χ1v) is 17.5. The highest BCUT2D eigenvalue weighted by molar-refractivity contribution is 7.90. The van der Waals surface area contributed by atoms with Gasteiger partial charge in [0.2, 0.25) is 5.95 Å². The van der Waals surface area contributed by atoms with Gasteiger partial charge in [0.05, 0.1) is 27.4 Å². The molecule has 0 saturated carbocycles. The minimum Gasteiger partial charge on any atom is -0.490 e. The number of aromatic nitrogens is 6. The van der Waals surface area contributed by atoms with Crippen LogP contribution in [0.4, 0.5) is 23.9 Å². The molecule has 1 atom stereocenters. The van der Waals surface area contributed by atoms with Crippen molar-refractivity contribution in [3.05, 3.63) is 69.1 Å². The van der Waals surface area contributed by atoms with Crippen LogP contribution >= 0.6 is 23.2 Å². The topological polar surface area (TPSA) is 217 Å². The van der Waals surface area contributed by atoms with Crippen molar-refractivity contribution in [1.82, 2.24) is 34.0 Å². The zero-order chi connectivity index (χ0) is 40.2. The van der Waals surface area contributed by atoms with Crippen LogP contribution < -0.4 is 29.9 Å². The zero-order valence-corrected chi connectivity index (χ0v) is 31.3. The van der Waals surface area contributed by atoms with Gasteiger partial charge >= 0.3 is 36.3 Å². The van der Waals surface area contributed by atoms with Gasteiger partial charge in [-0.1, -0.05) is 23.7 Å². The molecule has 294 valence electrons. The average Bonchev–Trinajstić information content (AvgIpc) is 3.42. The lowest BCUT2D eigenvalue weighted by atomic mass is 10.1. The van der Waals surface area contributed by atoms with Crippen LogP contribution in [-0.4, -0.2) is 96.2 Å². The summed E-state index contributed by atoms with van der Waals surface area (Å²) in [7, 11) is -0.133. The Morgan fingerprint density at radius 3 is 2.24 bits per heavy atom. The number of para-hydroxylation sites is 1. The van der Waals surface area contributed by atoms with Crippen LogP contribution in [0, 0.1) is 12.7 Å². The molecule has 0 bridgehead atoms. The van der Waals surface area contributed by atoms with Gasteiger partial charge in [0, 0.05) is 18.6 Å². The van der Waals surface area contributed by atoms with Crippen LogP contribution in [-0.2, 0) is 30.7 Å². The number of urea groups is 1. The number of rotatable bonds is 15. The third-order valence-electron chi connectivity index (χ3n) is 6.56. The molecule has 0 aliphatic carbocycles. The van der Waals surface area contributed by atoms with Crippen molar-refractivity contribution in [2.75, 3.05) is 46.5 Å². The maximum absolute atomic E-state index is 14.2. The largest absolute Gasteiger partial charge is 0.490 e. The Hall–Kier alpha value is -5.19. The summed E-state index contributed by atoms with van der Waals surface area (Å²) in [6.07, 6.45) is -0.115. The number of nitrogens with one attached hydrogen (secondary N) is 2. The number of alkyl halides is 3. The Labute approximate surface area is 315 Å². The van der Waals surface area contributed by atoms with Crippen molar-refractivity contribution in [3.63, 3.8) is 0 Å². The predicted octanol–water partition coefficient (Wildman–Crippen LogP) is 3.67. The molecule has 0 saturated heterocycles. The minimum atomic E-state index is -4.24. The summed E-state index contributed by atoms with van der Waals surface area (Å²) >= 11 is 11.9. The van der Waals surface area contributed by atoms with Crippen LogP contribution in [0.25, 0.3) is 5.69 Å². The Bertz CT molecular complexity index is 2090. The number of benzene rings is 2. The highest BCUT2D eigenvalue weighted by Gasteiger charge is 2.25. The number of halogens is 5. The third kappa shape index (κ3) is 11.4. The molecule has 0 aliphatic rings. The van der Waals surface area contributed by atoms with E-state index in [1.807, 2.05) is 4.72 Å². The second kappa shape index (κ2) is 19.8. The number of ether oxygens (including phenoxy) is 5. The molecular weight excluding hydrogens is 792 g/mol. The smallest absolute Gasteiger partial charge is 0.355 e. The van der Waals surface area contributed by atoms with Crippen molar-refractivity contribution >= 4 is 51.2 Å². The van der Waals surface area contributed by atoms with Crippen LogP contribution in [0.3, 0.4) is 0 Å². The Balaban J connectivity index is 0.000000291. The molecule has 0 radical (unpaired) electrons. The third-order valence-corrected chi connectivity index (χ3v) is 8.61. The van der Waals surface area contributed by atoms with Crippen molar-refractivity contribution in [1.29, 1.82) is 0 Å². The van der Waals surface area contributed by atoms with Gasteiger partial charge in [-0.3, -0.25) is 10.1 Å². The van der Waals surface area contributed by atoms with E-state index in [2.05, 4.69) is 25.4 Å². The number of aryl methyl sites for hydroxylation is 1. The highest BCUT2D eigenvalue weighted by atomic mass is 35.5. The first kappa shape index (κ1) is 43.2. The second-order valence-electron chi connectivity index (χ2n) is 10.2. The van der Waals surface area contributed by atoms with E-state index in [0.29, 0.717) is 4.68 Å². The van der Waals surface area contributed by atoms with Crippen molar-refractivity contribution in [2.24, 2.45) is 0 Å². The Morgan fingerprint density at radius 1 is 1.02 bits per heavy atom. The number of anilines is 1. The number of hydrogen-bond acceptors (Lipinski definition) is 14. The molecular formula is C30H33Cl2F3N8O10S. The first-order chi connectivity index (χ1) is 25.6. The summed E-state index contributed by atoms with van der Waals surface area (Å²) in [6.45, 7) is 0.212. The maximum atomic E-state index is 14.2. The zero-order valence-electron chi connectivity index (χ0n) is 29.0. The monoisotopic (exact) mass is 824 g/mol. The summed E-state index contributed by atoms with van der Waals surface area (Å²) in [5.74, 6) is -2.11. The summed E-state index contributed by atoms with van der Waals surface area (Å²) in [6, 6.07) is 6.55. The van der Waals surface area contributed by atoms with Gasteiger partial charge in [-0.05, 0) is 43.7 Å². The van der Waals surface area contributed by atoms with E-state index in [1.165, 1.54) is 46.5 Å². The van der Waals surface area contributed by atoms with Gasteiger partial charge in [-0.2, -0.15) is 23.4 Å². The highest BCUT2D eigenvalue weighted by Crippen LogP contribution is 2.26. The number of esters is 1. The standard InChI is InChI=1S/C15H14Cl2F3N3O3.C15H19N5O7S/c1-3-26-13(24)10(17)4-8-5-12(11(18)6-9(8)16)23-15(25)22(14(19)20)7(2)21-23;1-24-8-9-27-10-6-4-5-7-11(10)28(22,23)20-13(21)16-12-17-14(25-2)19-15(18-12)26-3/h5-6,10,14H,3-4H2,1-2H3;4-7H,8-9H2,1-3H3,(H2,16,17,18,19,20,21). The molecule has 2 heterocycles. The molecule has 54 heavy (non-hydrogen) atoms. The number of nitrogens with zero attached hydrogens (tertiary/aromatic N) is 6. The van der Waals surface area contributed by atoms with Crippen molar-refractivity contribution in [2.45, 2.75) is 37.1 Å². The van der Waals surface area contributed by atoms with Gasteiger partial charge in [0.25, 0.3) is 10.0 Å². The number of amides is 2. The summed E-state index contributed by atoms with van der Waals surface area (Å²) < 4.78 is 92.4. The minimum absolute atomic E-state index is 0.0424. The van der Waals surface area contributed by atoms with E-state index < -0.39 is 45.5 Å². The normalized spacial score (nSPS) is 11.6. The van der Waals surface area contributed by atoms with Gasteiger partial charge in [0.1, 0.15) is 34.1 Å². The van der Waals surface area contributed by atoms with E-state index in [0.717, 1.165) is 12.1 Å². The van der Waals surface area contributed by atoms with Gasteiger partial charge in [0.15, 0.2) is 5.82 Å². The molecule has 2 N–H and O–H groups in total. The second-order valence-corrected chi connectivity index (χ2v) is 12.8. The first-order valence-electron chi connectivity index (χ1n) is 15.2. The maximum Gasteiger partial charge on any atom is 0.355 e. The number of hydrogen-bond donors (Lipinski definition) is 2. The quantitative estimate of drug-likeness (QED) is 0.0994. The van der Waals surface area contributed by atoms with Gasteiger partial charge in [-0.25, -0.2) is 31.7 Å². The molecule has 4 aromatic rings. The predicted molar refractivity (Wildman–Crippen MR) is 185 cm³/mol. The molecule has 2 aromatic carbocycles. The molecule has 1 unspecified atom stereocenters. The molecule has 2 aromatic heterocycles. The molecule has 0 fully saturated rings. The fourth-order valence-electron chi connectivity index (χ4n) is 4.17. The Kier molecular flexibility index (Phi) is 15.8. The molecule has 18 nitrogen and oxygen atoms in total. The fourth-order valence-corrected chi connectivity index (χ4v) is 5.68. The lowest BCUT2D eigenvalue weighted by Crippen LogP contribution is -2.35. The summed E-state index contributed by atoms with van der Waals surface area (Å²) in [5, 5.41) is 4.70. The van der Waals surface area contributed by atoms with Gasteiger partial charge < -0.3 is 23.7 Å². The summed E-state index contributed by atoms with van der Waals surface area (Å²) in [4.78, 5) is 46.9. The van der Waals surface area contributed by atoms with Crippen LogP contribution in [0.1, 0.15) is 24.9 Å². The van der Waals surface area contributed by atoms with E-state index in [9.17, 15) is 36.0 Å².